The summed E-state index contributed by atoms with van der Waals surface area (Å²) in [5, 5.41) is 4.16. The maximum absolute atomic E-state index is 5.74. The largest absolute Gasteiger partial charge is 0.356 e. The lowest BCUT2D eigenvalue weighted by Crippen LogP contribution is -2.45. The van der Waals surface area contributed by atoms with Crippen molar-refractivity contribution in [3.63, 3.8) is 0 Å². The van der Waals surface area contributed by atoms with Gasteiger partial charge in [-0.15, -0.1) is 0 Å². The lowest BCUT2D eigenvalue weighted by atomic mass is 10.0. The molecule has 0 saturated carbocycles. The van der Waals surface area contributed by atoms with Gasteiger partial charge in [0.05, 0.1) is 19.4 Å². The number of rotatable bonds is 1. The number of anilines is 1. The van der Waals surface area contributed by atoms with Gasteiger partial charge in [-0.2, -0.15) is 5.10 Å². The van der Waals surface area contributed by atoms with Gasteiger partial charge in [0.25, 0.3) is 0 Å². The summed E-state index contributed by atoms with van der Waals surface area (Å²) in [6, 6.07) is 3.92. The molecule has 19 heavy (non-hydrogen) atoms. The molecule has 6 heteroatoms. The molecule has 100 valence electrons. The van der Waals surface area contributed by atoms with Crippen LogP contribution < -0.4 is 4.90 Å². The molecule has 2 aromatic rings. The van der Waals surface area contributed by atoms with E-state index >= 15 is 0 Å². The van der Waals surface area contributed by atoms with Gasteiger partial charge in [0.1, 0.15) is 5.82 Å². The van der Waals surface area contributed by atoms with Crippen LogP contribution in [0.15, 0.2) is 24.5 Å². The monoisotopic (exact) mass is 260 g/mol. The van der Waals surface area contributed by atoms with E-state index in [0.29, 0.717) is 0 Å². The highest BCUT2D eigenvalue weighted by Gasteiger charge is 2.39. The van der Waals surface area contributed by atoms with Crippen molar-refractivity contribution in [1.82, 2.24) is 14.6 Å². The molecule has 1 spiro atoms. The normalized spacial score (nSPS) is 22.4. The summed E-state index contributed by atoms with van der Waals surface area (Å²) < 4.78 is 13.3. The first-order valence-corrected chi connectivity index (χ1v) is 6.68. The topological polar surface area (TPSA) is 51.9 Å². The number of nitrogens with zero attached hydrogens (tertiary/aromatic N) is 4. The zero-order valence-electron chi connectivity index (χ0n) is 10.7. The minimum Gasteiger partial charge on any atom is -0.356 e. The zero-order chi connectivity index (χ0) is 12.7. The molecule has 0 bridgehead atoms. The van der Waals surface area contributed by atoms with Crippen molar-refractivity contribution in [2.75, 3.05) is 31.2 Å². The van der Waals surface area contributed by atoms with E-state index in [1.165, 1.54) is 0 Å². The molecular formula is C13H16N4O2. The van der Waals surface area contributed by atoms with E-state index in [9.17, 15) is 0 Å². The van der Waals surface area contributed by atoms with Crippen LogP contribution in [-0.4, -0.2) is 46.7 Å². The Labute approximate surface area is 110 Å². The van der Waals surface area contributed by atoms with Gasteiger partial charge in [0.2, 0.25) is 0 Å². The first-order valence-electron chi connectivity index (χ1n) is 6.68. The first-order chi connectivity index (χ1) is 9.35. The smallest absolute Gasteiger partial charge is 0.171 e. The molecule has 6 nitrogen and oxygen atoms in total. The molecule has 0 unspecified atom stereocenters. The molecule has 4 rings (SSSR count). The highest BCUT2D eigenvalue weighted by molar-refractivity contribution is 5.47. The number of fused-ring (bicyclic) bond motifs is 1. The molecule has 0 atom stereocenters. The van der Waals surface area contributed by atoms with Crippen molar-refractivity contribution in [3.05, 3.63) is 24.5 Å². The summed E-state index contributed by atoms with van der Waals surface area (Å²) >= 11 is 0. The summed E-state index contributed by atoms with van der Waals surface area (Å²) in [7, 11) is 0. The molecule has 2 aliphatic heterocycles. The average molecular weight is 260 g/mol. The van der Waals surface area contributed by atoms with Gasteiger partial charge in [0.15, 0.2) is 11.4 Å². The Bertz CT molecular complexity index is 581. The van der Waals surface area contributed by atoms with Crippen LogP contribution in [0.3, 0.4) is 0 Å². The van der Waals surface area contributed by atoms with Crippen LogP contribution in [0.1, 0.15) is 12.8 Å². The lowest BCUT2D eigenvalue weighted by molar-refractivity contribution is -0.169. The molecule has 2 fully saturated rings. The van der Waals surface area contributed by atoms with Crippen molar-refractivity contribution in [2.45, 2.75) is 18.6 Å². The minimum absolute atomic E-state index is 0.322. The SMILES string of the molecule is c1cc2nc(N3CCC4(CC3)OCCO4)ccn2n1. The lowest BCUT2D eigenvalue weighted by Gasteiger charge is -2.38. The van der Waals surface area contributed by atoms with Crippen LogP contribution in [0.5, 0.6) is 0 Å². The number of aromatic nitrogens is 3. The third-order valence-electron chi connectivity index (χ3n) is 3.91. The molecule has 2 aliphatic rings. The van der Waals surface area contributed by atoms with Gasteiger partial charge in [-0.1, -0.05) is 0 Å². The van der Waals surface area contributed by atoms with Gasteiger partial charge < -0.3 is 14.4 Å². The van der Waals surface area contributed by atoms with Crippen molar-refractivity contribution in [2.24, 2.45) is 0 Å². The van der Waals surface area contributed by atoms with Crippen LogP contribution in [-0.2, 0) is 9.47 Å². The van der Waals surface area contributed by atoms with Gasteiger partial charge in [-0.25, -0.2) is 9.50 Å². The van der Waals surface area contributed by atoms with Crippen molar-refractivity contribution >= 4 is 11.5 Å². The summed E-state index contributed by atoms with van der Waals surface area (Å²) in [5.74, 6) is 0.679. The number of piperidine rings is 1. The molecule has 0 radical (unpaired) electrons. The van der Waals surface area contributed by atoms with Crippen LogP contribution in [0.25, 0.3) is 5.65 Å². The summed E-state index contributed by atoms with van der Waals surface area (Å²) in [6.07, 6.45) is 5.51. The van der Waals surface area contributed by atoms with E-state index in [2.05, 4.69) is 15.0 Å². The Morgan fingerprint density at radius 3 is 2.68 bits per heavy atom. The van der Waals surface area contributed by atoms with Crippen LogP contribution in [0, 0.1) is 0 Å². The number of hydrogen-bond donors (Lipinski definition) is 0. The molecule has 0 aliphatic carbocycles. The second-order valence-electron chi connectivity index (χ2n) is 5.01. The van der Waals surface area contributed by atoms with Crippen LogP contribution in [0.4, 0.5) is 5.82 Å². The maximum Gasteiger partial charge on any atom is 0.171 e. The molecular weight excluding hydrogens is 244 g/mol. The van der Waals surface area contributed by atoms with Gasteiger partial charge in [-0.3, -0.25) is 0 Å². The standard InChI is InChI=1S/C13H16N4O2/c1-5-14-17-6-2-11(15-12(1)17)16-7-3-13(4-8-16)18-9-10-19-13/h1-2,5-6H,3-4,7-10H2. The van der Waals surface area contributed by atoms with E-state index in [4.69, 9.17) is 9.47 Å². The van der Waals surface area contributed by atoms with Crippen molar-refractivity contribution in [3.8, 4) is 0 Å². The van der Waals surface area contributed by atoms with Gasteiger partial charge in [-0.05, 0) is 6.07 Å². The number of hydrogen-bond acceptors (Lipinski definition) is 5. The Hall–Kier alpha value is -1.66. The van der Waals surface area contributed by atoms with Crippen molar-refractivity contribution in [1.29, 1.82) is 0 Å². The van der Waals surface area contributed by atoms with Gasteiger partial charge >= 0.3 is 0 Å². The second-order valence-corrected chi connectivity index (χ2v) is 5.01. The quantitative estimate of drug-likeness (QED) is 0.767. The molecule has 0 aromatic carbocycles. The molecule has 0 amide bonds. The fraction of sp³-hybridized carbons (Fsp3) is 0.538. The zero-order valence-corrected chi connectivity index (χ0v) is 10.7. The summed E-state index contributed by atoms with van der Waals surface area (Å²) in [6.45, 7) is 3.27. The Kier molecular flexibility index (Phi) is 2.46. The predicted molar refractivity (Wildman–Crippen MR) is 69.1 cm³/mol. The minimum atomic E-state index is -0.322. The fourth-order valence-corrected chi connectivity index (χ4v) is 2.84. The molecule has 0 N–H and O–H groups in total. The van der Waals surface area contributed by atoms with Crippen LogP contribution >= 0.6 is 0 Å². The third kappa shape index (κ3) is 1.87. The second kappa shape index (κ2) is 4.18. The van der Waals surface area contributed by atoms with E-state index in [1.807, 2.05) is 18.3 Å². The van der Waals surface area contributed by atoms with Crippen molar-refractivity contribution < 1.29 is 9.47 Å². The van der Waals surface area contributed by atoms with Crippen LogP contribution in [0.2, 0.25) is 0 Å². The van der Waals surface area contributed by atoms with Gasteiger partial charge in [0, 0.05) is 38.2 Å². The Morgan fingerprint density at radius 1 is 1.11 bits per heavy atom. The van der Waals surface area contributed by atoms with E-state index < -0.39 is 0 Å². The predicted octanol–water partition coefficient (Wildman–Crippen LogP) is 1.07. The maximum atomic E-state index is 5.74. The van der Waals surface area contributed by atoms with E-state index in [0.717, 1.165) is 50.6 Å². The average Bonchev–Trinajstić information content (AvgIpc) is 3.08. The highest BCUT2D eigenvalue weighted by Crippen LogP contribution is 2.32. The van der Waals surface area contributed by atoms with E-state index in [-0.39, 0.29) is 5.79 Å². The third-order valence-corrected chi connectivity index (χ3v) is 3.91. The van der Waals surface area contributed by atoms with E-state index in [1.54, 1.807) is 10.7 Å². The summed E-state index contributed by atoms with van der Waals surface area (Å²) in [4.78, 5) is 6.90. The Morgan fingerprint density at radius 2 is 1.89 bits per heavy atom. The molecule has 4 heterocycles. The fourth-order valence-electron chi connectivity index (χ4n) is 2.84. The molecule has 2 saturated heterocycles. The number of ether oxygens (including phenoxy) is 2. The Balaban J connectivity index is 1.54. The first kappa shape index (κ1) is 11.2. The summed E-state index contributed by atoms with van der Waals surface area (Å²) in [5.41, 5.74) is 0.881. The highest BCUT2D eigenvalue weighted by atomic mass is 16.7. The molecule has 2 aromatic heterocycles.